The summed E-state index contributed by atoms with van der Waals surface area (Å²) in [6.45, 7) is -0.327. The lowest BCUT2D eigenvalue weighted by Crippen LogP contribution is -2.30. The molecule has 0 saturated heterocycles. The van der Waals surface area contributed by atoms with Gasteiger partial charge in [-0.1, -0.05) is 6.07 Å². The Morgan fingerprint density at radius 3 is 2.94 bits per heavy atom. The SMILES string of the molecule is O=C(O)CNC(=O)CSCc1cccnc1. The van der Waals surface area contributed by atoms with Gasteiger partial charge >= 0.3 is 5.97 Å². The molecule has 0 radical (unpaired) electrons. The minimum absolute atomic E-state index is 0.252. The lowest BCUT2D eigenvalue weighted by molar-refractivity contribution is -0.137. The molecule has 1 heterocycles. The summed E-state index contributed by atoms with van der Waals surface area (Å²) in [6, 6.07) is 3.76. The highest BCUT2D eigenvalue weighted by molar-refractivity contribution is 7.99. The van der Waals surface area contributed by atoms with Crippen molar-refractivity contribution >= 4 is 23.6 Å². The molecular formula is C10H12N2O3S. The van der Waals surface area contributed by atoms with Crippen LogP contribution in [0, 0.1) is 0 Å². The van der Waals surface area contributed by atoms with E-state index in [9.17, 15) is 9.59 Å². The van der Waals surface area contributed by atoms with E-state index in [-0.39, 0.29) is 18.2 Å². The van der Waals surface area contributed by atoms with Gasteiger partial charge in [0.2, 0.25) is 5.91 Å². The minimum atomic E-state index is -1.04. The van der Waals surface area contributed by atoms with Crippen LogP contribution >= 0.6 is 11.8 Å². The Labute approximate surface area is 97.3 Å². The predicted molar refractivity (Wildman–Crippen MR) is 61.0 cm³/mol. The first-order valence-electron chi connectivity index (χ1n) is 4.63. The van der Waals surface area contributed by atoms with E-state index in [0.717, 1.165) is 5.56 Å². The molecule has 0 fully saturated rings. The van der Waals surface area contributed by atoms with Gasteiger partial charge in [-0.2, -0.15) is 0 Å². The van der Waals surface area contributed by atoms with Gasteiger partial charge in [-0.3, -0.25) is 14.6 Å². The molecule has 0 aliphatic heterocycles. The molecule has 1 amide bonds. The van der Waals surface area contributed by atoms with Crippen LogP contribution in [0.4, 0.5) is 0 Å². The van der Waals surface area contributed by atoms with Gasteiger partial charge < -0.3 is 10.4 Å². The molecule has 6 heteroatoms. The van der Waals surface area contributed by atoms with E-state index in [1.54, 1.807) is 12.4 Å². The number of aromatic nitrogens is 1. The zero-order chi connectivity index (χ0) is 11.8. The molecule has 0 unspecified atom stereocenters. The van der Waals surface area contributed by atoms with Crippen LogP contribution in [0.1, 0.15) is 5.56 Å². The first kappa shape index (κ1) is 12.5. The number of hydrogen-bond donors (Lipinski definition) is 2. The number of aliphatic carboxylic acids is 1. The van der Waals surface area contributed by atoms with Crippen molar-refractivity contribution in [3.8, 4) is 0 Å². The summed E-state index contributed by atoms with van der Waals surface area (Å²) in [7, 11) is 0. The van der Waals surface area contributed by atoms with Gasteiger partial charge in [-0.15, -0.1) is 11.8 Å². The lowest BCUT2D eigenvalue weighted by Gasteiger charge is -2.02. The normalized spacial score (nSPS) is 9.75. The summed E-state index contributed by atoms with van der Waals surface area (Å²) in [4.78, 5) is 25.2. The van der Waals surface area contributed by atoms with Crippen molar-refractivity contribution in [2.75, 3.05) is 12.3 Å². The molecule has 0 atom stereocenters. The Hall–Kier alpha value is -1.56. The van der Waals surface area contributed by atoms with E-state index in [1.807, 2.05) is 12.1 Å². The summed E-state index contributed by atoms with van der Waals surface area (Å²) >= 11 is 1.42. The maximum Gasteiger partial charge on any atom is 0.322 e. The van der Waals surface area contributed by atoms with Crippen LogP contribution in [-0.2, 0) is 15.3 Å². The number of carboxylic acid groups (broad SMARTS) is 1. The molecule has 1 aromatic heterocycles. The van der Waals surface area contributed by atoms with Crippen LogP contribution < -0.4 is 5.32 Å². The van der Waals surface area contributed by atoms with Crippen LogP contribution in [0.25, 0.3) is 0 Å². The average Bonchev–Trinajstić information content (AvgIpc) is 2.28. The molecule has 0 aliphatic carbocycles. The molecule has 1 aromatic rings. The molecular weight excluding hydrogens is 228 g/mol. The molecule has 0 aliphatic rings. The highest BCUT2D eigenvalue weighted by Gasteiger charge is 2.03. The number of amides is 1. The fourth-order valence-corrected chi connectivity index (χ4v) is 1.77. The maximum atomic E-state index is 11.1. The second kappa shape index (κ2) is 6.84. The van der Waals surface area contributed by atoms with E-state index in [2.05, 4.69) is 10.3 Å². The Bertz CT molecular complexity index is 356. The lowest BCUT2D eigenvalue weighted by atomic mass is 10.3. The molecule has 2 N–H and O–H groups in total. The summed E-state index contributed by atoms with van der Waals surface area (Å²) in [5.41, 5.74) is 1.04. The number of rotatable bonds is 6. The molecule has 86 valence electrons. The Morgan fingerprint density at radius 2 is 2.31 bits per heavy atom. The van der Waals surface area contributed by atoms with Crippen molar-refractivity contribution in [1.29, 1.82) is 0 Å². The third kappa shape index (κ3) is 5.35. The zero-order valence-electron chi connectivity index (χ0n) is 8.55. The number of nitrogens with one attached hydrogen (secondary N) is 1. The second-order valence-corrected chi connectivity index (χ2v) is 4.01. The van der Waals surface area contributed by atoms with Gasteiger partial charge in [-0.25, -0.2) is 0 Å². The molecule has 16 heavy (non-hydrogen) atoms. The van der Waals surface area contributed by atoms with Gasteiger partial charge in [-0.05, 0) is 11.6 Å². The Morgan fingerprint density at radius 1 is 1.50 bits per heavy atom. The maximum absolute atomic E-state index is 11.1. The van der Waals surface area contributed by atoms with Crippen LogP contribution in [0.5, 0.6) is 0 Å². The summed E-state index contributed by atoms with van der Waals surface area (Å²) in [5.74, 6) is -0.363. The van der Waals surface area contributed by atoms with Crippen LogP contribution in [0.3, 0.4) is 0 Å². The number of nitrogens with zero attached hydrogens (tertiary/aromatic N) is 1. The number of carboxylic acids is 1. The first-order valence-corrected chi connectivity index (χ1v) is 5.79. The van der Waals surface area contributed by atoms with Crippen molar-refractivity contribution in [2.45, 2.75) is 5.75 Å². The van der Waals surface area contributed by atoms with Gasteiger partial charge in [0.25, 0.3) is 0 Å². The Kier molecular flexibility index (Phi) is 5.35. The Balaban J connectivity index is 2.16. The first-order chi connectivity index (χ1) is 7.68. The number of carbonyl (C=O) groups excluding carboxylic acids is 1. The van der Waals surface area contributed by atoms with Gasteiger partial charge in [0, 0.05) is 18.1 Å². The number of hydrogen-bond acceptors (Lipinski definition) is 4. The number of thioether (sulfide) groups is 1. The van der Waals surface area contributed by atoms with E-state index in [4.69, 9.17) is 5.11 Å². The number of carbonyl (C=O) groups is 2. The van der Waals surface area contributed by atoms with E-state index < -0.39 is 5.97 Å². The molecule has 1 rings (SSSR count). The molecule has 0 saturated carbocycles. The molecule has 5 nitrogen and oxygen atoms in total. The van der Waals surface area contributed by atoms with E-state index in [1.165, 1.54) is 11.8 Å². The molecule has 0 bridgehead atoms. The van der Waals surface area contributed by atoms with E-state index >= 15 is 0 Å². The largest absolute Gasteiger partial charge is 0.480 e. The zero-order valence-corrected chi connectivity index (χ0v) is 9.37. The van der Waals surface area contributed by atoms with Gasteiger partial charge in [0.1, 0.15) is 6.54 Å². The highest BCUT2D eigenvalue weighted by Crippen LogP contribution is 2.09. The predicted octanol–water partition coefficient (Wildman–Crippen LogP) is 0.516. The van der Waals surface area contributed by atoms with Crippen molar-refractivity contribution in [1.82, 2.24) is 10.3 Å². The van der Waals surface area contributed by atoms with Crippen LogP contribution in [0.2, 0.25) is 0 Å². The fraction of sp³-hybridized carbons (Fsp3) is 0.300. The summed E-state index contributed by atoms with van der Waals surface area (Å²) < 4.78 is 0. The van der Waals surface area contributed by atoms with Gasteiger partial charge in [0.05, 0.1) is 5.75 Å². The topological polar surface area (TPSA) is 79.3 Å². The van der Waals surface area contributed by atoms with Crippen molar-refractivity contribution in [2.24, 2.45) is 0 Å². The van der Waals surface area contributed by atoms with Crippen LogP contribution in [-0.4, -0.2) is 34.3 Å². The van der Waals surface area contributed by atoms with Crippen molar-refractivity contribution in [3.05, 3.63) is 30.1 Å². The highest BCUT2D eigenvalue weighted by atomic mass is 32.2. The van der Waals surface area contributed by atoms with Crippen molar-refractivity contribution in [3.63, 3.8) is 0 Å². The fourth-order valence-electron chi connectivity index (χ4n) is 0.970. The molecule has 0 aromatic carbocycles. The van der Waals surface area contributed by atoms with Crippen molar-refractivity contribution < 1.29 is 14.7 Å². The minimum Gasteiger partial charge on any atom is -0.480 e. The van der Waals surface area contributed by atoms with Crippen LogP contribution in [0.15, 0.2) is 24.5 Å². The average molecular weight is 240 g/mol. The monoisotopic (exact) mass is 240 g/mol. The third-order valence-corrected chi connectivity index (χ3v) is 2.67. The smallest absolute Gasteiger partial charge is 0.322 e. The summed E-state index contributed by atoms with van der Waals surface area (Å²) in [5, 5.41) is 10.6. The third-order valence-electron chi connectivity index (χ3n) is 1.66. The second-order valence-electron chi connectivity index (χ2n) is 3.02. The summed E-state index contributed by atoms with van der Waals surface area (Å²) in [6.07, 6.45) is 3.43. The van der Waals surface area contributed by atoms with E-state index in [0.29, 0.717) is 5.75 Å². The quantitative estimate of drug-likeness (QED) is 0.757. The van der Waals surface area contributed by atoms with Gasteiger partial charge in [0.15, 0.2) is 0 Å². The standard InChI is InChI=1S/C10H12N2O3S/c13-9(12-5-10(14)15)7-16-6-8-2-1-3-11-4-8/h1-4H,5-7H2,(H,12,13)(H,14,15). The number of pyridine rings is 1. The molecule has 0 spiro atoms.